The molecule has 0 atom stereocenters. The molecule has 1 aromatic carbocycles. The number of hydrogen-bond acceptors (Lipinski definition) is 6. The fraction of sp³-hybridized carbons (Fsp3) is 0.333. The van der Waals surface area contributed by atoms with Crippen molar-refractivity contribution < 1.29 is 19.4 Å². The number of methoxy groups -OCH3 is 2. The van der Waals surface area contributed by atoms with Crippen molar-refractivity contribution in [1.29, 1.82) is 0 Å². The zero-order valence-corrected chi connectivity index (χ0v) is 11.1. The van der Waals surface area contributed by atoms with Crippen LogP contribution in [0.1, 0.15) is 12.2 Å². The molecule has 8 nitrogen and oxygen atoms in total. The van der Waals surface area contributed by atoms with Gasteiger partial charge in [-0.25, -0.2) is 0 Å². The van der Waals surface area contributed by atoms with E-state index in [-0.39, 0.29) is 12.8 Å². The Kier molecular flexibility index (Phi) is 4.14. The molecule has 1 N–H and O–H groups in total. The van der Waals surface area contributed by atoms with E-state index in [2.05, 4.69) is 15.5 Å². The van der Waals surface area contributed by atoms with Gasteiger partial charge in [0.1, 0.15) is 11.5 Å². The second kappa shape index (κ2) is 6.00. The van der Waals surface area contributed by atoms with Gasteiger partial charge in [0.15, 0.2) is 11.5 Å². The Bertz CT molecular complexity index is 589. The lowest BCUT2D eigenvalue weighted by Crippen LogP contribution is -2.09. The number of aromatic nitrogens is 4. The van der Waals surface area contributed by atoms with Gasteiger partial charge in [0.05, 0.1) is 20.6 Å². The summed E-state index contributed by atoms with van der Waals surface area (Å²) in [5.74, 6) is 0.586. The Morgan fingerprint density at radius 2 is 1.95 bits per heavy atom. The predicted molar refractivity (Wildman–Crippen MR) is 68.2 cm³/mol. The van der Waals surface area contributed by atoms with Crippen LogP contribution >= 0.6 is 0 Å². The maximum atomic E-state index is 10.7. The van der Waals surface area contributed by atoms with E-state index in [1.807, 2.05) is 0 Å². The number of aryl methyl sites for hydroxylation is 1. The van der Waals surface area contributed by atoms with E-state index >= 15 is 0 Å². The number of carbonyl (C=O) groups is 1. The lowest BCUT2D eigenvalue weighted by Gasteiger charge is -2.13. The Balaban J connectivity index is 2.46. The summed E-state index contributed by atoms with van der Waals surface area (Å²) >= 11 is 0. The highest BCUT2D eigenvalue weighted by Crippen LogP contribution is 2.32. The van der Waals surface area contributed by atoms with Crippen LogP contribution in [0.4, 0.5) is 0 Å². The smallest absolute Gasteiger partial charge is 0.303 e. The van der Waals surface area contributed by atoms with Gasteiger partial charge < -0.3 is 14.6 Å². The molecule has 0 aliphatic rings. The number of benzene rings is 1. The number of hydrogen-bond donors (Lipinski definition) is 1. The van der Waals surface area contributed by atoms with Crippen LogP contribution in [0.2, 0.25) is 0 Å². The molecule has 0 fully saturated rings. The molecule has 0 aliphatic carbocycles. The van der Waals surface area contributed by atoms with Crippen molar-refractivity contribution >= 4 is 5.97 Å². The highest BCUT2D eigenvalue weighted by Gasteiger charge is 2.18. The van der Waals surface area contributed by atoms with Crippen molar-refractivity contribution in [3.63, 3.8) is 0 Å². The molecule has 1 aromatic heterocycles. The molecule has 106 valence electrons. The van der Waals surface area contributed by atoms with Crippen molar-refractivity contribution in [3.8, 4) is 17.2 Å². The van der Waals surface area contributed by atoms with E-state index in [9.17, 15) is 4.79 Å². The van der Waals surface area contributed by atoms with Crippen LogP contribution in [0.5, 0.6) is 11.5 Å². The molecule has 0 unspecified atom stereocenters. The zero-order valence-electron chi connectivity index (χ0n) is 11.1. The molecule has 0 saturated heterocycles. The van der Waals surface area contributed by atoms with Gasteiger partial charge >= 0.3 is 5.97 Å². The molecule has 2 rings (SSSR count). The molecule has 0 amide bonds. The van der Waals surface area contributed by atoms with Crippen LogP contribution in [0, 0.1) is 0 Å². The number of para-hydroxylation sites is 1. The van der Waals surface area contributed by atoms with Crippen molar-refractivity contribution in [1.82, 2.24) is 20.2 Å². The van der Waals surface area contributed by atoms with Gasteiger partial charge in [-0.3, -0.25) is 4.79 Å². The van der Waals surface area contributed by atoms with Gasteiger partial charge in [0, 0.05) is 6.42 Å². The van der Waals surface area contributed by atoms with Gasteiger partial charge in [-0.15, -0.1) is 5.10 Å². The number of aliphatic carboxylic acids is 1. The lowest BCUT2D eigenvalue weighted by molar-refractivity contribution is -0.137. The zero-order chi connectivity index (χ0) is 14.5. The quantitative estimate of drug-likeness (QED) is 0.830. The molecule has 20 heavy (non-hydrogen) atoms. The molecule has 8 heteroatoms. The first-order valence-corrected chi connectivity index (χ1v) is 5.87. The fourth-order valence-corrected chi connectivity index (χ4v) is 1.79. The second-order valence-electron chi connectivity index (χ2n) is 3.91. The van der Waals surface area contributed by atoms with Crippen LogP contribution < -0.4 is 9.47 Å². The van der Waals surface area contributed by atoms with Crippen molar-refractivity contribution in [2.45, 2.75) is 12.8 Å². The third-order valence-corrected chi connectivity index (χ3v) is 2.71. The maximum Gasteiger partial charge on any atom is 0.303 e. The average Bonchev–Trinajstić information content (AvgIpc) is 2.92. The van der Waals surface area contributed by atoms with Crippen molar-refractivity contribution in [2.75, 3.05) is 14.2 Å². The number of tetrazole rings is 1. The predicted octanol–water partition coefficient (Wildman–Crippen LogP) is 0.697. The summed E-state index contributed by atoms with van der Waals surface area (Å²) in [5, 5.41) is 20.1. The summed E-state index contributed by atoms with van der Waals surface area (Å²) in [6, 6.07) is 5.28. The van der Waals surface area contributed by atoms with Gasteiger partial charge in [0.2, 0.25) is 0 Å². The van der Waals surface area contributed by atoms with Crippen LogP contribution in [0.15, 0.2) is 18.2 Å². The highest BCUT2D eigenvalue weighted by molar-refractivity contribution is 5.67. The molecule has 0 aliphatic heterocycles. The maximum absolute atomic E-state index is 10.7. The van der Waals surface area contributed by atoms with Gasteiger partial charge in [-0.05, 0) is 22.6 Å². The number of carboxylic acid groups (broad SMARTS) is 1. The highest BCUT2D eigenvalue weighted by atomic mass is 16.5. The number of nitrogens with zero attached hydrogens (tertiary/aromatic N) is 4. The number of ether oxygens (including phenoxy) is 2. The standard InChI is InChI=1S/C12H14N4O4/c1-19-8-4-3-5-9(20-2)12(8)16-10(13-14-15-16)6-7-11(17)18/h3-5H,6-7H2,1-2H3,(H,17,18). The molecular formula is C12H14N4O4. The molecule has 1 heterocycles. The van der Waals surface area contributed by atoms with Crippen LogP contribution in [-0.4, -0.2) is 45.5 Å². The van der Waals surface area contributed by atoms with E-state index in [0.717, 1.165) is 0 Å². The summed E-state index contributed by atoms with van der Waals surface area (Å²) in [4.78, 5) is 10.7. The molecule has 0 saturated carbocycles. The van der Waals surface area contributed by atoms with Gasteiger partial charge in [-0.1, -0.05) is 6.07 Å². The monoisotopic (exact) mass is 278 g/mol. The van der Waals surface area contributed by atoms with Crippen molar-refractivity contribution in [2.24, 2.45) is 0 Å². The Hall–Kier alpha value is -2.64. The minimum Gasteiger partial charge on any atom is -0.494 e. The normalized spacial score (nSPS) is 10.3. The summed E-state index contributed by atoms with van der Waals surface area (Å²) in [7, 11) is 3.05. The fourth-order valence-electron chi connectivity index (χ4n) is 1.79. The summed E-state index contributed by atoms with van der Waals surface area (Å²) < 4.78 is 12.0. The first kappa shape index (κ1) is 13.8. The molecule has 0 spiro atoms. The van der Waals surface area contributed by atoms with Crippen LogP contribution in [-0.2, 0) is 11.2 Å². The Morgan fingerprint density at radius 1 is 1.30 bits per heavy atom. The molecule has 0 bridgehead atoms. The molecule has 0 radical (unpaired) electrons. The average molecular weight is 278 g/mol. The van der Waals surface area contributed by atoms with Crippen LogP contribution in [0.3, 0.4) is 0 Å². The van der Waals surface area contributed by atoms with E-state index < -0.39 is 5.97 Å². The third kappa shape index (κ3) is 2.68. The van der Waals surface area contributed by atoms with E-state index in [1.54, 1.807) is 18.2 Å². The number of carboxylic acids is 1. The van der Waals surface area contributed by atoms with Gasteiger partial charge in [-0.2, -0.15) is 4.68 Å². The second-order valence-corrected chi connectivity index (χ2v) is 3.91. The summed E-state index contributed by atoms with van der Waals surface area (Å²) in [5.41, 5.74) is 0.544. The summed E-state index contributed by atoms with van der Waals surface area (Å²) in [6.45, 7) is 0. The lowest BCUT2D eigenvalue weighted by atomic mass is 10.2. The first-order chi connectivity index (χ1) is 9.67. The van der Waals surface area contributed by atoms with Crippen LogP contribution in [0.25, 0.3) is 5.69 Å². The first-order valence-electron chi connectivity index (χ1n) is 5.87. The largest absolute Gasteiger partial charge is 0.494 e. The van der Waals surface area contributed by atoms with Gasteiger partial charge in [0.25, 0.3) is 0 Å². The SMILES string of the molecule is COc1cccc(OC)c1-n1nnnc1CCC(=O)O. The topological polar surface area (TPSA) is 99.4 Å². The Labute approximate surface area is 114 Å². The summed E-state index contributed by atoms with van der Waals surface area (Å²) in [6.07, 6.45) is 0.154. The van der Waals surface area contributed by atoms with Crippen molar-refractivity contribution in [3.05, 3.63) is 24.0 Å². The molecular weight excluding hydrogens is 264 g/mol. The molecule has 2 aromatic rings. The van der Waals surface area contributed by atoms with E-state index in [1.165, 1.54) is 18.9 Å². The number of rotatable bonds is 6. The minimum atomic E-state index is -0.911. The minimum absolute atomic E-state index is 0.0577. The van der Waals surface area contributed by atoms with E-state index in [4.69, 9.17) is 14.6 Å². The van der Waals surface area contributed by atoms with E-state index in [0.29, 0.717) is 23.0 Å². The third-order valence-electron chi connectivity index (χ3n) is 2.71. The Morgan fingerprint density at radius 3 is 2.50 bits per heavy atom.